The molecule has 5 nitrogen and oxygen atoms in total. The Labute approximate surface area is 137 Å². The molecule has 1 heterocycles. The molecule has 0 fully saturated rings. The van der Waals surface area contributed by atoms with Gasteiger partial charge in [-0.05, 0) is 26.0 Å². The summed E-state index contributed by atoms with van der Waals surface area (Å²) in [5.41, 5.74) is 0.424. The zero-order valence-corrected chi connectivity index (χ0v) is 13.9. The van der Waals surface area contributed by atoms with Gasteiger partial charge in [-0.1, -0.05) is 6.07 Å². The third-order valence-electron chi connectivity index (χ3n) is 2.93. The van der Waals surface area contributed by atoms with E-state index in [0.717, 1.165) is 11.3 Å². The molecule has 0 amide bonds. The number of carbonyl (C=O) groups excluding carboxylic acids is 2. The zero-order valence-electron chi connectivity index (χ0n) is 13.1. The number of hydrogen-bond donors (Lipinski definition) is 0. The van der Waals surface area contributed by atoms with Gasteiger partial charge in [0.15, 0.2) is 6.61 Å². The Bertz CT molecular complexity index is 723. The van der Waals surface area contributed by atoms with E-state index in [1.54, 1.807) is 26.0 Å². The Morgan fingerprint density at radius 1 is 1.30 bits per heavy atom. The van der Waals surface area contributed by atoms with E-state index in [0.29, 0.717) is 15.6 Å². The van der Waals surface area contributed by atoms with Crippen LogP contribution in [0.2, 0.25) is 0 Å². The highest BCUT2D eigenvalue weighted by Gasteiger charge is 2.22. The quantitative estimate of drug-likeness (QED) is 0.755. The minimum atomic E-state index is -0.696. The second-order valence-corrected chi connectivity index (χ2v) is 6.12. The van der Waals surface area contributed by atoms with Crippen LogP contribution in [0, 0.1) is 5.82 Å². The van der Waals surface area contributed by atoms with Gasteiger partial charge in [-0.2, -0.15) is 0 Å². The van der Waals surface area contributed by atoms with Gasteiger partial charge in [0.25, 0.3) is 0 Å². The first-order chi connectivity index (χ1) is 10.9. The first-order valence-electron chi connectivity index (χ1n) is 6.99. The van der Waals surface area contributed by atoms with E-state index in [-0.39, 0.29) is 17.6 Å². The van der Waals surface area contributed by atoms with Gasteiger partial charge in [0.1, 0.15) is 10.7 Å². The molecule has 0 saturated carbocycles. The average molecular weight is 340 g/mol. The van der Waals surface area contributed by atoms with Crippen molar-refractivity contribution in [3.8, 4) is 0 Å². The number of carbonyl (C=O) groups is 2. The Morgan fingerprint density at radius 3 is 2.70 bits per heavy atom. The third kappa shape index (κ3) is 4.05. The molecular formula is C16H17FO5S. The molecule has 0 aliphatic heterocycles. The summed E-state index contributed by atoms with van der Waals surface area (Å²) < 4.78 is 29.6. The van der Waals surface area contributed by atoms with Crippen molar-refractivity contribution in [1.82, 2.24) is 0 Å². The smallest absolute Gasteiger partial charge is 0.349 e. The molecule has 0 aliphatic carbocycles. The summed E-state index contributed by atoms with van der Waals surface area (Å²) in [6, 6.07) is 4.61. The lowest BCUT2D eigenvalue weighted by molar-refractivity contribution is -0.150. The van der Waals surface area contributed by atoms with E-state index in [9.17, 15) is 14.0 Å². The van der Waals surface area contributed by atoms with Crippen molar-refractivity contribution < 1.29 is 28.2 Å². The third-order valence-corrected chi connectivity index (χ3v) is 4.10. The highest BCUT2D eigenvalue weighted by atomic mass is 32.1. The summed E-state index contributed by atoms with van der Waals surface area (Å²) >= 11 is 1.11. The summed E-state index contributed by atoms with van der Waals surface area (Å²) in [7, 11) is 1.46. The fourth-order valence-electron chi connectivity index (χ4n) is 2.10. The Kier molecular flexibility index (Phi) is 5.68. The number of thiophene rings is 1. The number of benzene rings is 1. The molecule has 0 unspecified atom stereocenters. The number of halogens is 1. The van der Waals surface area contributed by atoms with Gasteiger partial charge in [-0.25, -0.2) is 14.0 Å². The number of esters is 2. The van der Waals surface area contributed by atoms with Crippen molar-refractivity contribution in [3.63, 3.8) is 0 Å². The number of fused-ring (bicyclic) bond motifs is 1. The van der Waals surface area contributed by atoms with Crippen LogP contribution in [-0.4, -0.2) is 31.8 Å². The number of methoxy groups -OCH3 is 1. The van der Waals surface area contributed by atoms with Crippen molar-refractivity contribution in [3.05, 3.63) is 34.5 Å². The van der Waals surface area contributed by atoms with E-state index in [1.165, 1.54) is 13.2 Å². The standard InChI is InChI=1S/C16H17FO5S/c1-9(2)22-13(18)8-21-16(19)15-10(7-20-3)14-11(17)5-4-6-12(14)23-15/h4-6,9H,7-8H2,1-3H3. The van der Waals surface area contributed by atoms with Gasteiger partial charge in [-0.3, -0.25) is 0 Å². The van der Waals surface area contributed by atoms with Crippen molar-refractivity contribution in [2.24, 2.45) is 0 Å². The van der Waals surface area contributed by atoms with Crippen molar-refractivity contribution in [1.29, 1.82) is 0 Å². The largest absolute Gasteiger partial charge is 0.460 e. The van der Waals surface area contributed by atoms with E-state index >= 15 is 0 Å². The van der Waals surface area contributed by atoms with Gasteiger partial charge in [-0.15, -0.1) is 11.3 Å². The number of ether oxygens (including phenoxy) is 3. The van der Waals surface area contributed by atoms with Crippen LogP contribution in [0.1, 0.15) is 29.1 Å². The van der Waals surface area contributed by atoms with E-state index in [4.69, 9.17) is 14.2 Å². The van der Waals surface area contributed by atoms with Crippen LogP contribution in [0.15, 0.2) is 18.2 Å². The molecular weight excluding hydrogens is 323 g/mol. The Balaban J connectivity index is 2.24. The first kappa shape index (κ1) is 17.4. The molecule has 1 aromatic carbocycles. The van der Waals surface area contributed by atoms with Crippen LogP contribution in [-0.2, 0) is 25.6 Å². The molecule has 1 aromatic heterocycles. The lowest BCUT2D eigenvalue weighted by Gasteiger charge is -2.08. The summed E-state index contributed by atoms with van der Waals surface area (Å²) in [6.45, 7) is 2.98. The summed E-state index contributed by atoms with van der Waals surface area (Å²) in [5.74, 6) is -1.75. The topological polar surface area (TPSA) is 61.8 Å². The SMILES string of the molecule is COCc1c(C(=O)OCC(=O)OC(C)C)sc2cccc(F)c12. The molecule has 0 aliphatic rings. The van der Waals surface area contributed by atoms with Crippen molar-refractivity contribution >= 4 is 33.4 Å². The maximum Gasteiger partial charge on any atom is 0.349 e. The van der Waals surface area contributed by atoms with Gasteiger partial charge in [0, 0.05) is 22.8 Å². The van der Waals surface area contributed by atoms with Gasteiger partial charge in [0.2, 0.25) is 0 Å². The van der Waals surface area contributed by atoms with E-state index in [2.05, 4.69) is 0 Å². The number of hydrogen-bond acceptors (Lipinski definition) is 6. The molecule has 23 heavy (non-hydrogen) atoms. The van der Waals surface area contributed by atoms with Crippen LogP contribution in [0.5, 0.6) is 0 Å². The van der Waals surface area contributed by atoms with Crippen molar-refractivity contribution in [2.45, 2.75) is 26.6 Å². The molecule has 124 valence electrons. The highest BCUT2D eigenvalue weighted by molar-refractivity contribution is 7.21. The molecule has 2 rings (SSSR count). The summed E-state index contributed by atoms with van der Waals surface area (Å²) in [5, 5.41) is 0.344. The minimum Gasteiger partial charge on any atom is -0.460 e. The Hall–Kier alpha value is -1.99. The Morgan fingerprint density at radius 2 is 2.04 bits per heavy atom. The van der Waals surface area contributed by atoms with Gasteiger partial charge < -0.3 is 14.2 Å². The maximum atomic E-state index is 14.0. The molecule has 0 N–H and O–H groups in total. The summed E-state index contributed by atoms with van der Waals surface area (Å²) in [4.78, 5) is 23.9. The predicted molar refractivity (Wildman–Crippen MR) is 84.0 cm³/mol. The minimum absolute atomic E-state index is 0.0712. The maximum absolute atomic E-state index is 14.0. The highest BCUT2D eigenvalue weighted by Crippen LogP contribution is 2.34. The lowest BCUT2D eigenvalue weighted by Crippen LogP contribution is -2.19. The van der Waals surface area contributed by atoms with Crippen LogP contribution in [0.3, 0.4) is 0 Å². The first-order valence-corrected chi connectivity index (χ1v) is 7.81. The predicted octanol–water partition coefficient (Wildman–Crippen LogP) is 3.30. The molecule has 0 atom stereocenters. The van der Waals surface area contributed by atoms with Crippen LogP contribution >= 0.6 is 11.3 Å². The molecule has 7 heteroatoms. The molecule has 0 bridgehead atoms. The fraction of sp³-hybridized carbons (Fsp3) is 0.375. The van der Waals surface area contributed by atoms with E-state index in [1.807, 2.05) is 0 Å². The second kappa shape index (κ2) is 7.52. The second-order valence-electron chi connectivity index (χ2n) is 5.07. The number of rotatable bonds is 6. The molecule has 2 aromatic rings. The molecule has 0 radical (unpaired) electrons. The zero-order chi connectivity index (χ0) is 17.0. The normalized spacial score (nSPS) is 11.0. The van der Waals surface area contributed by atoms with E-state index < -0.39 is 24.4 Å². The fourth-order valence-corrected chi connectivity index (χ4v) is 3.22. The average Bonchev–Trinajstić information content (AvgIpc) is 2.85. The van der Waals surface area contributed by atoms with Crippen molar-refractivity contribution in [2.75, 3.05) is 13.7 Å². The van der Waals surface area contributed by atoms with Crippen LogP contribution in [0.25, 0.3) is 10.1 Å². The molecule has 0 spiro atoms. The van der Waals surface area contributed by atoms with Crippen LogP contribution in [0.4, 0.5) is 4.39 Å². The van der Waals surface area contributed by atoms with Gasteiger partial charge >= 0.3 is 11.9 Å². The van der Waals surface area contributed by atoms with Gasteiger partial charge in [0.05, 0.1) is 12.7 Å². The monoisotopic (exact) mass is 340 g/mol. The molecule has 0 saturated heterocycles. The summed E-state index contributed by atoms with van der Waals surface area (Å²) in [6.07, 6.45) is -0.288. The van der Waals surface area contributed by atoms with Crippen LogP contribution < -0.4 is 0 Å². The lowest BCUT2D eigenvalue weighted by atomic mass is 10.1.